The maximum atomic E-state index is 5.39. The van der Waals surface area contributed by atoms with Crippen molar-refractivity contribution in [1.29, 1.82) is 0 Å². The summed E-state index contributed by atoms with van der Waals surface area (Å²) in [6.07, 6.45) is 2.40. The topological polar surface area (TPSA) is 24.9 Å². The first kappa shape index (κ1) is 15.0. The van der Waals surface area contributed by atoms with Crippen molar-refractivity contribution in [3.63, 3.8) is 0 Å². The summed E-state index contributed by atoms with van der Waals surface area (Å²) in [6.45, 7) is 3.46. The van der Waals surface area contributed by atoms with Gasteiger partial charge in [0.05, 0.1) is 14.2 Å². The highest BCUT2D eigenvalue weighted by Gasteiger charge is 2.26. The van der Waals surface area contributed by atoms with Gasteiger partial charge in [-0.1, -0.05) is 0 Å². The molecule has 1 fully saturated rings. The van der Waals surface area contributed by atoms with Crippen LogP contribution >= 0.6 is 0 Å². The Hall–Kier alpha value is -1.42. The second-order valence-electron chi connectivity index (χ2n) is 5.66. The molecule has 1 aliphatic rings. The van der Waals surface area contributed by atoms with Crippen LogP contribution in [0.5, 0.6) is 11.5 Å². The number of rotatable bonds is 4. The van der Waals surface area contributed by atoms with Crippen LogP contribution in [-0.2, 0) is 0 Å². The van der Waals surface area contributed by atoms with Gasteiger partial charge in [0.15, 0.2) is 11.5 Å². The second kappa shape index (κ2) is 6.35. The van der Waals surface area contributed by atoms with E-state index in [1.165, 1.54) is 18.5 Å². The van der Waals surface area contributed by atoms with E-state index >= 15 is 0 Å². The standard InChI is InChI=1S/C16H26N2O2/c1-12-10-14(8-9-17(12)2)18(3)13-6-7-15(19-4)16(11-13)20-5/h6-7,11-12,14H,8-10H2,1-5H3/t12-,14?/m1/s1. The summed E-state index contributed by atoms with van der Waals surface area (Å²) < 4.78 is 10.7. The molecule has 1 heterocycles. The molecule has 1 saturated heterocycles. The Kier molecular flexibility index (Phi) is 4.76. The molecule has 1 aromatic carbocycles. The number of methoxy groups -OCH3 is 2. The van der Waals surface area contributed by atoms with Gasteiger partial charge in [0.1, 0.15) is 0 Å². The van der Waals surface area contributed by atoms with Crippen LogP contribution in [0.25, 0.3) is 0 Å². The lowest BCUT2D eigenvalue weighted by Crippen LogP contribution is -2.46. The number of anilines is 1. The Balaban J connectivity index is 2.14. The van der Waals surface area contributed by atoms with Crippen LogP contribution in [0.4, 0.5) is 5.69 Å². The minimum absolute atomic E-state index is 0.583. The predicted octanol–water partition coefficient (Wildman–Crippen LogP) is 2.62. The smallest absolute Gasteiger partial charge is 0.162 e. The van der Waals surface area contributed by atoms with Crippen LogP contribution in [0.15, 0.2) is 18.2 Å². The van der Waals surface area contributed by atoms with E-state index < -0.39 is 0 Å². The van der Waals surface area contributed by atoms with Crippen molar-refractivity contribution >= 4 is 5.69 Å². The zero-order valence-corrected chi connectivity index (χ0v) is 13.2. The Labute approximate surface area is 122 Å². The molecule has 1 unspecified atom stereocenters. The third kappa shape index (κ3) is 3.01. The molecule has 0 N–H and O–H groups in total. The molecule has 0 aliphatic carbocycles. The van der Waals surface area contributed by atoms with E-state index in [0.29, 0.717) is 12.1 Å². The minimum atomic E-state index is 0.583. The fourth-order valence-corrected chi connectivity index (χ4v) is 2.87. The molecule has 0 aromatic heterocycles. The van der Waals surface area contributed by atoms with Crippen molar-refractivity contribution in [2.45, 2.75) is 31.8 Å². The van der Waals surface area contributed by atoms with Gasteiger partial charge >= 0.3 is 0 Å². The zero-order valence-electron chi connectivity index (χ0n) is 13.2. The van der Waals surface area contributed by atoms with Crippen molar-refractivity contribution < 1.29 is 9.47 Å². The summed E-state index contributed by atoms with van der Waals surface area (Å²) >= 11 is 0. The van der Waals surface area contributed by atoms with Gasteiger partial charge in [-0.05, 0) is 38.9 Å². The summed E-state index contributed by atoms with van der Waals surface area (Å²) in [7, 11) is 7.72. The fourth-order valence-electron chi connectivity index (χ4n) is 2.87. The molecule has 0 spiro atoms. The van der Waals surface area contributed by atoms with Gasteiger partial charge in [-0.15, -0.1) is 0 Å². The third-order valence-electron chi connectivity index (χ3n) is 4.50. The fraction of sp³-hybridized carbons (Fsp3) is 0.625. The molecule has 112 valence electrons. The molecular weight excluding hydrogens is 252 g/mol. The van der Waals surface area contributed by atoms with E-state index in [1.807, 2.05) is 6.07 Å². The third-order valence-corrected chi connectivity index (χ3v) is 4.50. The zero-order chi connectivity index (χ0) is 14.7. The number of piperidine rings is 1. The molecule has 4 heteroatoms. The Morgan fingerprint density at radius 1 is 1.20 bits per heavy atom. The summed E-state index contributed by atoms with van der Waals surface area (Å²) in [4.78, 5) is 4.80. The van der Waals surface area contributed by atoms with Gasteiger partial charge in [-0.2, -0.15) is 0 Å². The van der Waals surface area contributed by atoms with E-state index in [0.717, 1.165) is 18.0 Å². The van der Waals surface area contributed by atoms with Crippen LogP contribution < -0.4 is 14.4 Å². The number of ether oxygens (including phenoxy) is 2. The number of nitrogens with zero attached hydrogens (tertiary/aromatic N) is 2. The first-order chi connectivity index (χ1) is 9.56. The lowest BCUT2D eigenvalue weighted by Gasteiger charge is -2.40. The first-order valence-electron chi connectivity index (χ1n) is 7.22. The monoisotopic (exact) mass is 278 g/mol. The SMILES string of the molecule is COc1ccc(N(C)C2CCN(C)[C@H](C)C2)cc1OC. The predicted molar refractivity (Wildman–Crippen MR) is 83.1 cm³/mol. The normalized spacial score (nSPS) is 23.4. The van der Waals surface area contributed by atoms with Gasteiger partial charge in [0.2, 0.25) is 0 Å². The summed E-state index contributed by atoms with van der Waals surface area (Å²) in [5.41, 5.74) is 1.18. The van der Waals surface area contributed by atoms with Crippen LogP contribution in [0.2, 0.25) is 0 Å². The molecule has 0 bridgehead atoms. The van der Waals surface area contributed by atoms with Crippen molar-refractivity contribution in [2.24, 2.45) is 0 Å². The Morgan fingerprint density at radius 2 is 1.90 bits per heavy atom. The molecule has 0 amide bonds. The van der Waals surface area contributed by atoms with E-state index in [4.69, 9.17) is 9.47 Å². The minimum Gasteiger partial charge on any atom is -0.493 e. The number of benzene rings is 1. The molecule has 2 atom stereocenters. The van der Waals surface area contributed by atoms with Crippen molar-refractivity contribution in [3.05, 3.63) is 18.2 Å². The van der Waals surface area contributed by atoms with Gasteiger partial charge in [-0.25, -0.2) is 0 Å². The van der Waals surface area contributed by atoms with Crippen LogP contribution in [0, 0.1) is 0 Å². The van der Waals surface area contributed by atoms with E-state index in [-0.39, 0.29) is 0 Å². The van der Waals surface area contributed by atoms with Gasteiger partial charge in [-0.3, -0.25) is 0 Å². The van der Waals surface area contributed by atoms with Crippen LogP contribution in [0.3, 0.4) is 0 Å². The van der Waals surface area contributed by atoms with Crippen LogP contribution in [0.1, 0.15) is 19.8 Å². The lowest BCUT2D eigenvalue weighted by atomic mass is 9.97. The van der Waals surface area contributed by atoms with E-state index in [2.05, 4.69) is 43.0 Å². The lowest BCUT2D eigenvalue weighted by molar-refractivity contribution is 0.181. The molecule has 0 saturated carbocycles. The summed E-state index contributed by atoms with van der Waals surface area (Å²) in [5.74, 6) is 1.57. The molecule has 4 nitrogen and oxygen atoms in total. The number of hydrogen-bond acceptors (Lipinski definition) is 4. The van der Waals surface area contributed by atoms with Crippen LogP contribution in [-0.4, -0.2) is 51.8 Å². The summed E-state index contributed by atoms with van der Waals surface area (Å²) in [5, 5.41) is 0. The largest absolute Gasteiger partial charge is 0.493 e. The Bertz CT molecular complexity index is 450. The highest BCUT2D eigenvalue weighted by atomic mass is 16.5. The van der Waals surface area contributed by atoms with Crippen molar-refractivity contribution in [2.75, 3.05) is 39.8 Å². The molecule has 20 heavy (non-hydrogen) atoms. The summed E-state index contributed by atoms with van der Waals surface area (Å²) in [6, 6.07) is 7.35. The molecule has 2 rings (SSSR count). The Morgan fingerprint density at radius 3 is 2.50 bits per heavy atom. The average Bonchev–Trinajstić information content (AvgIpc) is 2.48. The maximum absolute atomic E-state index is 5.39. The molecule has 1 aromatic rings. The first-order valence-corrected chi connectivity index (χ1v) is 7.22. The highest BCUT2D eigenvalue weighted by molar-refractivity contribution is 5.56. The quantitative estimate of drug-likeness (QED) is 0.845. The highest BCUT2D eigenvalue weighted by Crippen LogP contribution is 2.33. The average molecular weight is 278 g/mol. The van der Waals surface area contributed by atoms with Crippen molar-refractivity contribution in [3.8, 4) is 11.5 Å². The van der Waals surface area contributed by atoms with E-state index in [9.17, 15) is 0 Å². The maximum Gasteiger partial charge on any atom is 0.162 e. The number of likely N-dealkylation sites (tertiary alicyclic amines) is 1. The molecular formula is C16H26N2O2. The second-order valence-corrected chi connectivity index (χ2v) is 5.66. The van der Waals surface area contributed by atoms with Crippen molar-refractivity contribution in [1.82, 2.24) is 4.90 Å². The molecule has 0 radical (unpaired) electrons. The van der Waals surface area contributed by atoms with Gasteiger partial charge < -0.3 is 19.3 Å². The molecule has 1 aliphatic heterocycles. The van der Waals surface area contributed by atoms with E-state index in [1.54, 1.807) is 14.2 Å². The number of hydrogen-bond donors (Lipinski definition) is 0. The van der Waals surface area contributed by atoms with Gasteiger partial charge in [0, 0.05) is 37.4 Å². The van der Waals surface area contributed by atoms with Gasteiger partial charge in [0.25, 0.3) is 0 Å².